The molecule has 3 heterocycles. The van der Waals surface area contributed by atoms with Crippen molar-refractivity contribution < 1.29 is 51.3 Å². The van der Waals surface area contributed by atoms with Crippen LogP contribution in [0.3, 0.4) is 0 Å². The molecule has 11 atom stereocenters. The second kappa shape index (κ2) is 14.8. The highest BCUT2D eigenvalue weighted by atomic mass is 31.2. The van der Waals surface area contributed by atoms with Crippen molar-refractivity contribution in [2.45, 2.75) is 93.8 Å². The van der Waals surface area contributed by atoms with E-state index in [0.717, 1.165) is 0 Å². The van der Waals surface area contributed by atoms with Gasteiger partial charge in [-0.25, -0.2) is 0 Å². The highest BCUT2D eigenvalue weighted by molar-refractivity contribution is 7.53. The maximum atomic E-state index is 13.3. The van der Waals surface area contributed by atoms with Crippen LogP contribution in [0.15, 0.2) is 0 Å². The van der Waals surface area contributed by atoms with E-state index in [1.165, 1.54) is 20.5 Å². The van der Waals surface area contributed by atoms with Gasteiger partial charge in [-0.2, -0.15) is 0 Å². The quantitative estimate of drug-likeness (QED) is 0.207. The van der Waals surface area contributed by atoms with Crippen LogP contribution in [0.4, 0.5) is 0 Å². The Morgan fingerprint density at radius 3 is 2.00 bits per heavy atom. The summed E-state index contributed by atoms with van der Waals surface area (Å²) in [7, 11) is 17.0. The summed E-state index contributed by atoms with van der Waals surface area (Å²) < 4.78 is 71.8. The molecule has 11 nitrogen and oxygen atoms in total. The maximum Gasteiger partial charge on any atom is 0.328 e. The van der Waals surface area contributed by atoms with E-state index in [4.69, 9.17) is 68.1 Å². The van der Waals surface area contributed by atoms with E-state index in [-0.39, 0.29) is 38.8 Å². The third kappa shape index (κ3) is 10.6. The number of ether oxygens (including phenoxy) is 4. The van der Waals surface area contributed by atoms with Gasteiger partial charge in [-0.05, 0) is 33.1 Å². The largest absolute Gasteiger partial charge is 0.390 e. The molecular formula is C20H35B6O11P2. The fraction of sp³-hybridized carbons (Fsp3) is 1.00. The van der Waals surface area contributed by atoms with Gasteiger partial charge in [0.05, 0.1) is 57.9 Å². The number of aliphatic hydroxyl groups excluding tert-OH is 1. The van der Waals surface area contributed by atoms with Gasteiger partial charge in [0.15, 0.2) is 0 Å². The summed E-state index contributed by atoms with van der Waals surface area (Å²) in [4.78, 5) is 0. The summed E-state index contributed by atoms with van der Waals surface area (Å²) in [6.45, 7) is 5.53. The summed E-state index contributed by atoms with van der Waals surface area (Å²) >= 11 is 0. The molecular weight excluding hydrogens is 543 g/mol. The maximum absolute atomic E-state index is 13.3. The van der Waals surface area contributed by atoms with Gasteiger partial charge in [0.25, 0.3) is 0 Å². The zero-order valence-corrected chi connectivity index (χ0v) is 24.7. The Labute approximate surface area is 238 Å². The van der Waals surface area contributed by atoms with Crippen LogP contribution in [0.5, 0.6) is 0 Å². The number of rotatable bonds is 15. The second-order valence-electron chi connectivity index (χ2n) is 10.5. The standard InChI is InChI=1S/C20H35B6O11P2/c1-11(2)30-8-16-14(7-20(35-16)26(23)24)37-39(4,29)32-10-17-13(6-19(25-22)34-17)36-38(3,28)31-9-15-12(27)5-18(21)33-15/h11-20,27H,5-10H2,1-4H3/t12?,13?,14?,15-,16-,17-,18-,19-,20-,38?,39?/m1/s1. The van der Waals surface area contributed by atoms with E-state index in [2.05, 4.69) is 0 Å². The molecule has 5 unspecified atom stereocenters. The molecule has 39 heavy (non-hydrogen) atoms. The molecule has 0 aromatic heterocycles. The van der Waals surface area contributed by atoms with Crippen LogP contribution in [0.25, 0.3) is 0 Å². The SMILES string of the molecule is [B][B][C@H]1CC(OP(C)(=O)OC[C@H]2O[C@@H]([B])CC2O)[C@@H](COP(C)(=O)OC2C[C@H](B([B])[B])O[C@@H]2COC(C)C)O1. The van der Waals surface area contributed by atoms with Crippen LogP contribution in [-0.4, -0.2) is 144 Å². The van der Waals surface area contributed by atoms with Gasteiger partial charge in [-0.15, -0.1) is 0 Å². The first kappa shape index (κ1) is 34.0. The van der Waals surface area contributed by atoms with Gasteiger partial charge in [0.1, 0.15) is 26.2 Å². The van der Waals surface area contributed by atoms with Crippen LogP contribution in [0.1, 0.15) is 33.1 Å². The fourth-order valence-corrected chi connectivity index (χ4v) is 6.94. The van der Waals surface area contributed by atoms with Gasteiger partial charge in [0.2, 0.25) is 0 Å². The molecule has 3 rings (SSSR count). The molecule has 3 aliphatic heterocycles. The first-order chi connectivity index (χ1) is 18.2. The lowest BCUT2D eigenvalue weighted by Gasteiger charge is -2.26. The Bertz CT molecular complexity index is 876. The minimum atomic E-state index is -3.63. The summed E-state index contributed by atoms with van der Waals surface area (Å²) in [6, 6.07) is -1.61. The van der Waals surface area contributed by atoms with Gasteiger partial charge >= 0.3 is 15.2 Å². The van der Waals surface area contributed by atoms with Crippen molar-refractivity contribution in [1.29, 1.82) is 0 Å². The average Bonchev–Trinajstić information content (AvgIpc) is 3.51. The van der Waals surface area contributed by atoms with Crippen molar-refractivity contribution in [2.24, 2.45) is 0 Å². The molecule has 209 valence electrons. The van der Waals surface area contributed by atoms with Crippen LogP contribution in [-0.2, 0) is 46.2 Å². The summed E-state index contributed by atoms with van der Waals surface area (Å²) in [5, 5.41) is 9.97. The Hall–Kier alpha value is 0.490. The molecule has 0 aromatic carbocycles. The zero-order chi connectivity index (χ0) is 29.0. The molecule has 19 heteroatoms. The first-order valence-corrected chi connectivity index (χ1v) is 17.0. The lowest BCUT2D eigenvalue weighted by molar-refractivity contribution is -0.0463. The molecule has 1 N–H and O–H groups in total. The van der Waals surface area contributed by atoms with Crippen molar-refractivity contribution in [3.05, 3.63) is 0 Å². The lowest BCUT2D eigenvalue weighted by Crippen LogP contribution is -2.33. The van der Waals surface area contributed by atoms with Crippen LogP contribution in [0.2, 0.25) is 0 Å². The van der Waals surface area contributed by atoms with E-state index in [1.807, 2.05) is 13.8 Å². The third-order valence-corrected chi connectivity index (χ3v) is 9.09. The number of hydrogen-bond donors (Lipinski definition) is 1. The molecule has 0 amide bonds. The van der Waals surface area contributed by atoms with Crippen molar-refractivity contribution in [1.82, 2.24) is 0 Å². The topological polar surface area (TPSA) is 128 Å². The predicted molar refractivity (Wildman–Crippen MR) is 150 cm³/mol. The summed E-state index contributed by atoms with van der Waals surface area (Å²) in [6.07, 6.45) is -3.40. The summed E-state index contributed by atoms with van der Waals surface area (Å²) in [5.74, 6) is 0. The molecule has 0 saturated carbocycles. The first-order valence-electron chi connectivity index (χ1n) is 13.1. The minimum absolute atomic E-state index is 0.0415. The minimum Gasteiger partial charge on any atom is -0.390 e. The molecule has 0 aromatic rings. The number of hydrogen-bond acceptors (Lipinski definition) is 11. The molecule has 0 aliphatic carbocycles. The summed E-state index contributed by atoms with van der Waals surface area (Å²) in [5.41, 5.74) is 0. The smallest absolute Gasteiger partial charge is 0.328 e. The average molecular weight is 578 g/mol. The molecule has 0 bridgehead atoms. The van der Waals surface area contributed by atoms with E-state index in [0.29, 0.717) is 6.42 Å². The van der Waals surface area contributed by atoms with Crippen molar-refractivity contribution in [3.8, 4) is 0 Å². The van der Waals surface area contributed by atoms with Crippen LogP contribution in [0, 0.1) is 0 Å². The molecule has 3 aliphatic rings. The van der Waals surface area contributed by atoms with Crippen molar-refractivity contribution >= 4 is 59.9 Å². The fourth-order valence-electron chi connectivity index (χ4n) is 4.55. The molecule has 0 spiro atoms. The predicted octanol–water partition coefficient (Wildman–Crippen LogP) is -0.0702. The second-order valence-corrected chi connectivity index (χ2v) is 14.5. The zero-order valence-electron chi connectivity index (χ0n) is 22.9. The Balaban J connectivity index is 1.55. The van der Waals surface area contributed by atoms with E-state index in [1.54, 1.807) is 0 Å². The molecule has 3 saturated heterocycles. The van der Waals surface area contributed by atoms with Gasteiger partial charge in [-0.3, -0.25) is 9.13 Å². The Morgan fingerprint density at radius 1 is 0.923 bits per heavy atom. The van der Waals surface area contributed by atoms with Gasteiger partial charge in [-0.1, -0.05) is 0 Å². The lowest BCUT2D eigenvalue weighted by atomic mass is 9.16. The molecule has 9 radical (unpaired) electrons. The van der Waals surface area contributed by atoms with Crippen LogP contribution < -0.4 is 0 Å². The number of aliphatic hydroxyl groups is 1. The highest BCUT2D eigenvalue weighted by Gasteiger charge is 2.43. The molecule has 3 fully saturated rings. The van der Waals surface area contributed by atoms with E-state index in [9.17, 15) is 14.2 Å². The van der Waals surface area contributed by atoms with Gasteiger partial charge in [0, 0.05) is 54.6 Å². The third-order valence-electron chi connectivity index (χ3n) is 6.55. The van der Waals surface area contributed by atoms with Crippen molar-refractivity contribution in [2.75, 3.05) is 33.2 Å². The highest BCUT2D eigenvalue weighted by Crippen LogP contribution is 2.51. The van der Waals surface area contributed by atoms with Crippen LogP contribution >= 0.6 is 15.2 Å². The van der Waals surface area contributed by atoms with Gasteiger partial charge < -0.3 is 42.1 Å². The van der Waals surface area contributed by atoms with E-state index < -0.39 is 76.3 Å². The monoisotopic (exact) mass is 579 g/mol. The Morgan fingerprint density at radius 2 is 1.49 bits per heavy atom. The Kier molecular flexibility index (Phi) is 12.9. The van der Waals surface area contributed by atoms with E-state index >= 15 is 0 Å². The van der Waals surface area contributed by atoms with Crippen molar-refractivity contribution in [3.63, 3.8) is 0 Å². The normalized spacial score (nSPS) is 38.1.